The van der Waals surface area contributed by atoms with Crippen molar-refractivity contribution < 1.29 is 4.39 Å². The van der Waals surface area contributed by atoms with E-state index in [-0.39, 0.29) is 5.82 Å². The lowest BCUT2D eigenvalue weighted by molar-refractivity contribution is 0.627. The summed E-state index contributed by atoms with van der Waals surface area (Å²) in [5.41, 5.74) is 17.4. The Morgan fingerprint density at radius 3 is 1.19 bits per heavy atom. The largest absolute Gasteiger partial charge is 0.311 e. The van der Waals surface area contributed by atoms with Gasteiger partial charge in [0.2, 0.25) is 0 Å². The maximum absolute atomic E-state index is 14.6. The first-order valence-corrected chi connectivity index (χ1v) is 23.7. The summed E-state index contributed by atoms with van der Waals surface area (Å²) in [6.07, 6.45) is 0. The van der Waals surface area contributed by atoms with Crippen LogP contribution in [0.3, 0.4) is 0 Å². The van der Waals surface area contributed by atoms with E-state index in [0.717, 1.165) is 95.0 Å². The van der Waals surface area contributed by atoms with Gasteiger partial charge in [-0.25, -0.2) is 4.39 Å². The van der Waals surface area contributed by atoms with Crippen LogP contribution in [0, 0.1) is 5.82 Å². The zero-order valence-corrected chi connectivity index (χ0v) is 38.3. The molecule has 1 aromatic heterocycles. The van der Waals surface area contributed by atoms with Crippen LogP contribution in [0.15, 0.2) is 279 Å². The maximum atomic E-state index is 14.6. The van der Waals surface area contributed by atoms with Crippen molar-refractivity contribution in [3.63, 3.8) is 0 Å². The Morgan fingerprint density at radius 2 is 0.671 bits per heavy atom. The van der Waals surface area contributed by atoms with Crippen molar-refractivity contribution in [1.29, 1.82) is 0 Å². The number of fused-ring (bicyclic) bond motifs is 3. The number of anilines is 6. The normalized spacial score (nSPS) is 11.2. The second kappa shape index (κ2) is 18.4. The second-order valence-electron chi connectivity index (χ2n) is 17.4. The van der Waals surface area contributed by atoms with E-state index in [0.29, 0.717) is 0 Å². The molecule has 0 amide bonds. The first-order chi connectivity index (χ1) is 34.7. The van der Waals surface area contributed by atoms with E-state index >= 15 is 0 Å². The molecule has 0 unspecified atom stereocenters. The van der Waals surface area contributed by atoms with Gasteiger partial charge in [0.15, 0.2) is 0 Å². The minimum absolute atomic E-state index is 0.266. The fraction of sp³-hybridized carbons (Fsp3) is 0. The van der Waals surface area contributed by atoms with Crippen LogP contribution in [-0.2, 0) is 0 Å². The molecule has 11 aromatic carbocycles. The molecule has 0 saturated carbocycles. The molecule has 4 heteroatoms. The van der Waals surface area contributed by atoms with Crippen LogP contribution in [0.2, 0.25) is 0 Å². The molecule has 0 aliphatic heterocycles. The van der Waals surface area contributed by atoms with E-state index in [2.05, 4.69) is 263 Å². The van der Waals surface area contributed by atoms with Crippen LogP contribution >= 0.6 is 0 Å². The van der Waals surface area contributed by atoms with Crippen LogP contribution in [0.1, 0.15) is 0 Å². The molecule has 0 aliphatic rings. The Morgan fingerprint density at radius 1 is 0.271 bits per heavy atom. The van der Waals surface area contributed by atoms with Crippen LogP contribution in [0.5, 0.6) is 0 Å². The fourth-order valence-corrected chi connectivity index (χ4v) is 10.0. The highest BCUT2D eigenvalue weighted by Crippen LogP contribution is 2.47. The third-order valence-electron chi connectivity index (χ3n) is 13.2. The lowest BCUT2D eigenvalue weighted by atomic mass is 9.94. The Hall–Kier alpha value is -9.25. The smallest absolute Gasteiger partial charge is 0.123 e. The van der Waals surface area contributed by atoms with Crippen LogP contribution in [0.4, 0.5) is 38.5 Å². The van der Waals surface area contributed by atoms with Crippen molar-refractivity contribution in [2.75, 3.05) is 9.80 Å². The maximum Gasteiger partial charge on any atom is 0.123 e. The van der Waals surface area contributed by atoms with E-state index in [9.17, 15) is 4.39 Å². The molecule has 1 heterocycles. The average Bonchev–Trinajstić information content (AvgIpc) is 3.79. The number of halogens is 1. The van der Waals surface area contributed by atoms with E-state index < -0.39 is 0 Å². The number of benzene rings is 11. The molecule has 0 atom stereocenters. The summed E-state index contributed by atoms with van der Waals surface area (Å²) in [6, 6.07) is 97.3. The SMILES string of the molecule is Fc1ccc(-n2c(-c3ccccc3)c(-c3ccccc3)c3ccc4c(-c5ccc(N(c6ccc(-c7ccccc7)cc6)c6ccc(N(c7ccccc7)c7ccccc7)cc6)cc5)cccc4c32)cc1. The van der Waals surface area contributed by atoms with Crippen molar-refractivity contribution >= 4 is 55.8 Å². The van der Waals surface area contributed by atoms with E-state index in [1.807, 2.05) is 18.2 Å². The Bertz CT molecular complexity index is 3670. The topological polar surface area (TPSA) is 11.4 Å². The Balaban J connectivity index is 0.986. The molecule has 0 saturated heterocycles. The van der Waals surface area contributed by atoms with Crippen molar-refractivity contribution in [2.45, 2.75) is 0 Å². The molecule has 12 rings (SSSR count). The molecule has 0 fully saturated rings. The quantitative estimate of drug-likeness (QED) is 0.128. The Labute approximate surface area is 407 Å². The van der Waals surface area contributed by atoms with Crippen LogP contribution in [-0.4, -0.2) is 4.57 Å². The van der Waals surface area contributed by atoms with Crippen molar-refractivity contribution in [2.24, 2.45) is 0 Å². The van der Waals surface area contributed by atoms with Gasteiger partial charge in [-0.1, -0.05) is 182 Å². The van der Waals surface area contributed by atoms with Gasteiger partial charge in [0.25, 0.3) is 0 Å². The molecule has 70 heavy (non-hydrogen) atoms. The summed E-state index contributed by atoms with van der Waals surface area (Å²) in [7, 11) is 0. The minimum atomic E-state index is -0.266. The fourth-order valence-electron chi connectivity index (χ4n) is 10.0. The summed E-state index contributed by atoms with van der Waals surface area (Å²) in [5.74, 6) is -0.266. The van der Waals surface area contributed by atoms with Gasteiger partial charge >= 0.3 is 0 Å². The first-order valence-electron chi connectivity index (χ1n) is 23.7. The van der Waals surface area contributed by atoms with Crippen LogP contribution in [0.25, 0.3) is 72.0 Å². The number of aromatic nitrogens is 1. The molecule has 3 nitrogen and oxygen atoms in total. The van der Waals surface area contributed by atoms with E-state index in [4.69, 9.17) is 0 Å². The summed E-state index contributed by atoms with van der Waals surface area (Å²) in [6.45, 7) is 0. The third kappa shape index (κ3) is 7.87. The van der Waals surface area contributed by atoms with Crippen molar-refractivity contribution in [3.05, 3.63) is 285 Å². The molecular weight excluding hydrogens is 854 g/mol. The molecule has 0 N–H and O–H groups in total. The van der Waals surface area contributed by atoms with Gasteiger partial charge < -0.3 is 14.4 Å². The van der Waals surface area contributed by atoms with Gasteiger partial charge in [0, 0.05) is 56.1 Å². The number of nitrogens with zero attached hydrogens (tertiary/aromatic N) is 3. The van der Waals surface area contributed by atoms with E-state index in [1.165, 1.54) is 11.1 Å². The predicted molar refractivity (Wildman–Crippen MR) is 292 cm³/mol. The van der Waals surface area contributed by atoms with Gasteiger partial charge in [0.1, 0.15) is 5.82 Å². The molecule has 12 aromatic rings. The minimum Gasteiger partial charge on any atom is -0.311 e. The lowest BCUT2D eigenvalue weighted by Gasteiger charge is -2.28. The predicted octanol–water partition coefficient (Wildman–Crippen LogP) is 18.5. The van der Waals surface area contributed by atoms with Gasteiger partial charge in [-0.3, -0.25) is 0 Å². The van der Waals surface area contributed by atoms with Crippen molar-refractivity contribution in [1.82, 2.24) is 4.57 Å². The number of para-hydroxylation sites is 2. The van der Waals surface area contributed by atoms with Gasteiger partial charge in [-0.05, 0) is 136 Å². The number of hydrogen-bond donors (Lipinski definition) is 0. The molecule has 332 valence electrons. The molecule has 0 spiro atoms. The highest BCUT2D eigenvalue weighted by Gasteiger charge is 2.24. The summed E-state index contributed by atoms with van der Waals surface area (Å²) >= 11 is 0. The summed E-state index contributed by atoms with van der Waals surface area (Å²) in [5, 5.41) is 3.38. The summed E-state index contributed by atoms with van der Waals surface area (Å²) in [4.78, 5) is 4.62. The van der Waals surface area contributed by atoms with Gasteiger partial charge in [-0.15, -0.1) is 0 Å². The molecular formula is C66H46FN3. The van der Waals surface area contributed by atoms with Crippen molar-refractivity contribution in [3.8, 4) is 50.3 Å². The zero-order chi connectivity index (χ0) is 46.8. The third-order valence-corrected chi connectivity index (χ3v) is 13.2. The number of hydrogen-bond acceptors (Lipinski definition) is 2. The van der Waals surface area contributed by atoms with Gasteiger partial charge in [-0.2, -0.15) is 0 Å². The monoisotopic (exact) mass is 899 g/mol. The zero-order valence-electron chi connectivity index (χ0n) is 38.3. The van der Waals surface area contributed by atoms with Crippen LogP contribution < -0.4 is 9.80 Å². The average molecular weight is 900 g/mol. The molecule has 0 bridgehead atoms. The summed E-state index contributed by atoms with van der Waals surface area (Å²) < 4.78 is 16.9. The Kier molecular flexibility index (Phi) is 11.1. The second-order valence-corrected chi connectivity index (χ2v) is 17.4. The highest BCUT2D eigenvalue weighted by molar-refractivity contribution is 6.18. The first kappa shape index (κ1) is 42.1. The lowest BCUT2D eigenvalue weighted by Crippen LogP contribution is -2.12. The van der Waals surface area contributed by atoms with E-state index in [1.54, 1.807) is 12.1 Å². The highest BCUT2D eigenvalue weighted by atomic mass is 19.1. The number of rotatable bonds is 11. The molecule has 0 aliphatic carbocycles. The standard InChI is InChI=1S/C66H46FN3/c67-52-33-39-59(40-34-52)70-65(51-21-10-3-11-22-51)64(50-19-8-2-9-20-50)63-46-45-61-60(27-16-28-62(61)66(63)70)49-31-37-56(38-32-49)69(55-35-29-48(30-36-55)47-17-6-1-7-18-47)58-43-41-57(42-44-58)68(53-23-12-4-13-24-53)54-25-14-5-15-26-54/h1-46H. The molecule has 0 radical (unpaired) electrons. The van der Waals surface area contributed by atoms with Gasteiger partial charge in [0.05, 0.1) is 11.2 Å².